The van der Waals surface area contributed by atoms with E-state index in [2.05, 4.69) is 5.32 Å². The molecule has 0 spiro atoms. The number of carbonyl (C=O) groups is 2. The molecule has 0 radical (unpaired) electrons. The van der Waals surface area contributed by atoms with E-state index in [9.17, 15) is 22.4 Å². The van der Waals surface area contributed by atoms with Gasteiger partial charge in [0.15, 0.2) is 0 Å². The number of sulfonamides is 1. The number of hydrogen-bond acceptors (Lipinski definition) is 4. The molecule has 3 aromatic rings. The molecule has 0 bridgehead atoms. The Morgan fingerprint density at radius 2 is 1.56 bits per heavy atom. The zero-order valence-electron chi connectivity index (χ0n) is 21.6. The molecule has 0 aliphatic rings. The lowest BCUT2D eigenvalue weighted by Gasteiger charge is -2.32. The lowest BCUT2D eigenvalue weighted by atomic mass is 10.1. The van der Waals surface area contributed by atoms with Crippen LogP contribution < -0.4 is 9.62 Å². The van der Waals surface area contributed by atoms with Crippen molar-refractivity contribution in [3.8, 4) is 0 Å². The Morgan fingerprint density at radius 1 is 0.949 bits per heavy atom. The first kappa shape index (κ1) is 30.4. The molecule has 208 valence electrons. The minimum atomic E-state index is -4.36. The van der Waals surface area contributed by atoms with Crippen LogP contribution >= 0.6 is 23.2 Å². The van der Waals surface area contributed by atoms with Crippen molar-refractivity contribution in [3.05, 3.63) is 94.2 Å². The summed E-state index contributed by atoms with van der Waals surface area (Å²) in [6, 6.07) is 16.5. The number of carbonyl (C=O) groups excluding carboxylic acids is 2. The molecule has 3 aromatic carbocycles. The van der Waals surface area contributed by atoms with Gasteiger partial charge in [-0.1, -0.05) is 72.9 Å². The number of rotatable bonds is 12. The molecule has 3 rings (SSSR count). The second kappa shape index (κ2) is 13.8. The average molecular weight is 595 g/mol. The smallest absolute Gasteiger partial charge is 0.264 e. The van der Waals surface area contributed by atoms with Crippen LogP contribution in [0.25, 0.3) is 0 Å². The summed E-state index contributed by atoms with van der Waals surface area (Å²) in [6.45, 7) is 2.99. The van der Waals surface area contributed by atoms with Crippen molar-refractivity contribution in [2.45, 2.75) is 44.2 Å². The topological polar surface area (TPSA) is 86.8 Å². The molecule has 0 fully saturated rings. The van der Waals surface area contributed by atoms with Crippen LogP contribution in [0.15, 0.2) is 77.7 Å². The SMILES string of the molecule is CCCCNC(=O)C(C)N(Cc1c(Cl)cccc1Cl)C(=O)CN(c1ccccc1F)S(=O)(=O)c1ccccc1. The molecule has 0 saturated heterocycles. The standard InChI is InChI=1S/C28H30Cl2FN3O4S/c1-3-4-17-32-28(36)20(2)33(18-22-23(29)13-10-14-24(22)30)27(35)19-34(26-16-9-8-15-25(26)31)39(37,38)21-11-6-5-7-12-21/h5-16,20H,3-4,17-19H2,1-2H3,(H,32,36). The van der Waals surface area contributed by atoms with E-state index in [0.717, 1.165) is 18.9 Å². The lowest BCUT2D eigenvalue weighted by molar-refractivity contribution is -0.139. The monoisotopic (exact) mass is 593 g/mol. The van der Waals surface area contributed by atoms with Crippen LogP contribution in [0.1, 0.15) is 32.3 Å². The number of amides is 2. The van der Waals surface area contributed by atoms with Crippen LogP contribution in [-0.2, 0) is 26.2 Å². The van der Waals surface area contributed by atoms with E-state index in [1.807, 2.05) is 6.92 Å². The maximum atomic E-state index is 14.9. The predicted octanol–water partition coefficient (Wildman–Crippen LogP) is 5.66. The highest BCUT2D eigenvalue weighted by Crippen LogP contribution is 2.29. The molecule has 0 saturated carbocycles. The zero-order chi connectivity index (χ0) is 28.6. The number of unbranched alkanes of at least 4 members (excludes halogenated alkanes) is 1. The van der Waals surface area contributed by atoms with Gasteiger partial charge in [0, 0.05) is 28.7 Å². The van der Waals surface area contributed by atoms with Gasteiger partial charge in [-0.3, -0.25) is 13.9 Å². The van der Waals surface area contributed by atoms with Gasteiger partial charge < -0.3 is 10.2 Å². The number of benzene rings is 3. The molecule has 7 nitrogen and oxygen atoms in total. The van der Waals surface area contributed by atoms with Crippen molar-refractivity contribution in [1.29, 1.82) is 0 Å². The van der Waals surface area contributed by atoms with Crippen molar-refractivity contribution in [3.63, 3.8) is 0 Å². The van der Waals surface area contributed by atoms with Crippen LogP contribution in [0, 0.1) is 5.82 Å². The fourth-order valence-electron chi connectivity index (χ4n) is 3.86. The number of halogens is 3. The zero-order valence-corrected chi connectivity index (χ0v) is 23.9. The summed E-state index contributed by atoms with van der Waals surface area (Å²) in [5, 5.41) is 3.35. The summed E-state index contributed by atoms with van der Waals surface area (Å²) >= 11 is 12.7. The molecule has 2 amide bonds. The third-order valence-corrected chi connectivity index (χ3v) is 8.60. The van der Waals surface area contributed by atoms with Crippen LogP contribution in [-0.4, -0.2) is 44.3 Å². The molecule has 1 atom stereocenters. The van der Waals surface area contributed by atoms with E-state index < -0.39 is 40.2 Å². The number of para-hydroxylation sites is 1. The Kier molecular flexibility index (Phi) is 10.7. The summed E-state index contributed by atoms with van der Waals surface area (Å²) < 4.78 is 42.9. The average Bonchev–Trinajstić information content (AvgIpc) is 2.92. The highest BCUT2D eigenvalue weighted by molar-refractivity contribution is 7.92. The highest BCUT2D eigenvalue weighted by atomic mass is 35.5. The third-order valence-electron chi connectivity index (χ3n) is 6.12. The van der Waals surface area contributed by atoms with E-state index in [4.69, 9.17) is 23.2 Å². The summed E-state index contributed by atoms with van der Waals surface area (Å²) in [5.41, 5.74) is 0.0937. The minimum absolute atomic E-state index is 0.118. The van der Waals surface area contributed by atoms with Gasteiger partial charge in [0.2, 0.25) is 11.8 Å². The highest BCUT2D eigenvalue weighted by Gasteiger charge is 2.34. The summed E-state index contributed by atoms with van der Waals surface area (Å²) in [5.74, 6) is -1.99. The van der Waals surface area contributed by atoms with Crippen molar-refractivity contribution < 1.29 is 22.4 Å². The van der Waals surface area contributed by atoms with Crippen LogP contribution in [0.2, 0.25) is 10.0 Å². The Hall–Kier alpha value is -3.14. The van der Waals surface area contributed by atoms with E-state index in [1.165, 1.54) is 54.3 Å². The second-order valence-electron chi connectivity index (χ2n) is 8.82. The van der Waals surface area contributed by atoms with Gasteiger partial charge in [-0.25, -0.2) is 12.8 Å². The molecule has 0 heterocycles. The minimum Gasteiger partial charge on any atom is -0.354 e. The van der Waals surface area contributed by atoms with Crippen molar-refractivity contribution in [2.24, 2.45) is 0 Å². The second-order valence-corrected chi connectivity index (χ2v) is 11.5. The van der Waals surface area contributed by atoms with E-state index in [1.54, 1.807) is 24.3 Å². The van der Waals surface area contributed by atoms with Crippen molar-refractivity contribution in [2.75, 3.05) is 17.4 Å². The Balaban J connectivity index is 2.04. The van der Waals surface area contributed by atoms with Gasteiger partial charge in [-0.2, -0.15) is 0 Å². The Morgan fingerprint density at radius 3 is 2.18 bits per heavy atom. The Bertz CT molecular complexity index is 1390. The summed E-state index contributed by atoms with van der Waals surface area (Å²) in [7, 11) is -4.36. The largest absolute Gasteiger partial charge is 0.354 e. The molecule has 1 unspecified atom stereocenters. The predicted molar refractivity (Wildman–Crippen MR) is 152 cm³/mol. The Labute approximate surface area is 238 Å². The molecular formula is C28H30Cl2FN3O4S. The molecule has 39 heavy (non-hydrogen) atoms. The maximum Gasteiger partial charge on any atom is 0.264 e. The first-order chi connectivity index (χ1) is 18.6. The van der Waals surface area contributed by atoms with Crippen LogP contribution in [0.4, 0.5) is 10.1 Å². The normalized spacial score (nSPS) is 12.0. The summed E-state index contributed by atoms with van der Waals surface area (Å²) in [4.78, 5) is 27.9. The van der Waals surface area contributed by atoms with Gasteiger partial charge in [-0.05, 0) is 49.7 Å². The van der Waals surface area contributed by atoms with Gasteiger partial charge in [0.05, 0.1) is 10.6 Å². The van der Waals surface area contributed by atoms with Crippen molar-refractivity contribution >= 4 is 50.7 Å². The maximum absolute atomic E-state index is 14.9. The van der Waals surface area contributed by atoms with Crippen LogP contribution in [0.5, 0.6) is 0 Å². The molecule has 0 aromatic heterocycles. The van der Waals surface area contributed by atoms with E-state index in [0.29, 0.717) is 16.4 Å². The third kappa shape index (κ3) is 7.50. The number of nitrogens with zero attached hydrogens (tertiary/aromatic N) is 2. The number of hydrogen-bond donors (Lipinski definition) is 1. The van der Waals surface area contributed by atoms with Gasteiger partial charge in [-0.15, -0.1) is 0 Å². The summed E-state index contributed by atoms with van der Waals surface area (Å²) in [6.07, 6.45) is 1.61. The molecule has 0 aliphatic carbocycles. The fourth-order valence-corrected chi connectivity index (χ4v) is 5.82. The fraction of sp³-hybridized carbons (Fsp3) is 0.286. The molecule has 11 heteroatoms. The van der Waals surface area contributed by atoms with Gasteiger partial charge >= 0.3 is 0 Å². The van der Waals surface area contributed by atoms with Gasteiger partial charge in [0.1, 0.15) is 18.4 Å². The molecular weight excluding hydrogens is 564 g/mol. The van der Waals surface area contributed by atoms with E-state index >= 15 is 0 Å². The van der Waals surface area contributed by atoms with E-state index in [-0.39, 0.29) is 27.2 Å². The van der Waals surface area contributed by atoms with Crippen molar-refractivity contribution in [1.82, 2.24) is 10.2 Å². The molecule has 1 N–H and O–H groups in total. The van der Waals surface area contributed by atoms with Crippen LogP contribution in [0.3, 0.4) is 0 Å². The first-order valence-electron chi connectivity index (χ1n) is 12.4. The van der Waals surface area contributed by atoms with Gasteiger partial charge in [0.25, 0.3) is 10.0 Å². The quantitative estimate of drug-likeness (QED) is 0.274. The lowest BCUT2D eigenvalue weighted by Crippen LogP contribution is -2.51. The molecule has 0 aliphatic heterocycles. The number of anilines is 1. The first-order valence-corrected chi connectivity index (χ1v) is 14.6. The number of nitrogens with one attached hydrogen (secondary N) is 1.